The maximum absolute atomic E-state index is 11.7. The normalized spacial score (nSPS) is 11.0. The minimum Gasteiger partial charge on any atom is -0.489 e. The Kier molecular flexibility index (Phi) is 5.86. The first kappa shape index (κ1) is 18.2. The number of ether oxygens (including phenoxy) is 2. The van der Waals surface area contributed by atoms with E-state index in [9.17, 15) is 4.79 Å². The second-order valence-corrected chi connectivity index (χ2v) is 5.89. The predicted octanol–water partition coefficient (Wildman–Crippen LogP) is 4.89. The lowest BCUT2D eigenvalue weighted by atomic mass is 10.1. The van der Waals surface area contributed by atoms with Crippen LogP contribution in [0.3, 0.4) is 0 Å². The summed E-state index contributed by atoms with van der Waals surface area (Å²) in [6.45, 7) is 2.40. The van der Waals surface area contributed by atoms with Crippen molar-refractivity contribution in [2.45, 2.75) is 13.5 Å². The van der Waals surface area contributed by atoms with Gasteiger partial charge in [0, 0.05) is 0 Å². The number of hydrogen-bond acceptors (Lipinski definition) is 4. The Hall–Kier alpha value is -3.58. The maximum atomic E-state index is 11.7. The largest absolute Gasteiger partial charge is 0.489 e. The van der Waals surface area contributed by atoms with Crippen molar-refractivity contribution >= 4 is 22.8 Å². The quantitative estimate of drug-likeness (QED) is 0.358. The molecule has 0 aliphatic carbocycles. The van der Waals surface area contributed by atoms with Crippen molar-refractivity contribution in [2.24, 2.45) is 0 Å². The van der Waals surface area contributed by atoms with Crippen LogP contribution in [0.25, 0.3) is 16.8 Å². The van der Waals surface area contributed by atoms with Crippen molar-refractivity contribution < 1.29 is 14.3 Å². The molecule has 0 saturated heterocycles. The number of rotatable bonds is 6. The van der Waals surface area contributed by atoms with Crippen molar-refractivity contribution in [1.29, 1.82) is 5.26 Å². The van der Waals surface area contributed by atoms with Crippen LogP contribution in [0.2, 0.25) is 0 Å². The molecular formula is C23H19NO3. The molecule has 0 radical (unpaired) electrons. The van der Waals surface area contributed by atoms with E-state index in [2.05, 4.69) is 24.3 Å². The molecule has 0 amide bonds. The summed E-state index contributed by atoms with van der Waals surface area (Å²) in [6.07, 6.45) is 1.51. The van der Waals surface area contributed by atoms with Crippen LogP contribution in [0.4, 0.5) is 0 Å². The van der Waals surface area contributed by atoms with Gasteiger partial charge in [-0.3, -0.25) is 0 Å². The molecule has 0 saturated carbocycles. The lowest BCUT2D eigenvalue weighted by Gasteiger charge is -2.09. The van der Waals surface area contributed by atoms with Crippen LogP contribution < -0.4 is 4.74 Å². The van der Waals surface area contributed by atoms with Gasteiger partial charge in [0.25, 0.3) is 0 Å². The van der Waals surface area contributed by atoms with Crippen LogP contribution >= 0.6 is 0 Å². The molecule has 4 heteroatoms. The standard InChI is InChI=1S/C23H19NO3/c1-2-26-23(25)20(15-24)14-17-10-12-21(13-11-17)27-16-19-8-5-7-18-6-3-4-9-22(18)19/h3-14H,2,16H2,1H3/b20-14-. The lowest BCUT2D eigenvalue weighted by molar-refractivity contribution is -0.137. The van der Waals surface area contributed by atoms with Crippen molar-refractivity contribution in [2.75, 3.05) is 6.61 Å². The Balaban J connectivity index is 1.71. The third-order valence-corrected chi connectivity index (χ3v) is 4.08. The maximum Gasteiger partial charge on any atom is 0.348 e. The summed E-state index contributed by atoms with van der Waals surface area (Å²) in [5.74, 6) is 0.103. The van der Waals surface area contributed by atoms with E-state index < -0.39 is 5.97 Å². The molecule has 0 N–H and O–H groups in total. The number of nitriles is 1. The van der Waals surface area contributed by atoms with Gasteiger partial charge >= 0.3 is 5.97 Å². The second-order valence-electron chi connectivity index (χ2n) is 5.89. The summed E-state index contributed by atoms with van der Waals surface area (Å²) < 4.78 is 10.8. The molecule has 3 aromatic carbocycles. The topological polar surface area (TPSA) is 59.3 Å². The van der Waals surface area contributed by atoms with Crippen molar-refractivity contribution in [3.63, 3.8) is 0 Å². The highest BCUT2D eigenvalue weighted by atomic mass is 16.5. The molecule has 0 spiro atoms. The van der Waals surface area contributed by atoms with Gasteiger partial charge in [0.2, 0.25) is 0 Å². The Bertz CT molecular complexity index is 1010. The van der Waals surface area contributed by atoms with E-state index in [1.165, 1.54) is 16.8 Å². The zero-order valence-electron chi connectivity index (χ0n) is 15.0. The second kappa shape index (κ2) is 8.68. The minimum absolute atomic E-state index is 0.0266. The Morgan fingerprint density at radius 2 is 1.78 bits per heavy atom. The third kappa shape index (κ3) is 4.53. The number of fused-ring (bicyclic) bond motifs is 1. The Morgan fingerprint density at radius 1 is 1.04 bits per heavy atom. The van der Waals surface area contributed by atoms with Gasteiger partial charge in [-0.2, -0.15) is 5.26 Å². The molecule has 0 unspecified atom stereocenters. The van der Waals surface area contributed by atoms with E-state index >= 15 is 0 Å². The highest BCUT2D eigenvalue weighted by Crippen LogP contribution is 2.21. The summed E-state index contributed by atoms with van der Waals surface area (Å²) in [4.78, 5) is 11.7. The van der Waals surface area contributed by atoms with Crippen LogP contribution in [0, 0.1) is 11.3 Å². The highest BCUT2D eigenvalue weighted by molar-refractivity contribution is 5.97. The first-order valence-electron chi connectivity index (χ1n) is 8.69. The summed E-state index contributed by atoms with van der Waals surface area (Å²) in [7, 11) is 0. The van der Waals surface area contributed by atoms with Gasteiger partial charge < -0.3 is 9.47 Å². The van der Waals surface area contributed by atoms with E-state index in [0.29, 0.717) is 6.61 Å². The van der Waals surface area contributed by atoms with Gasteiger partial charge in [-0.1, -0.05) is 54.6 Å². The van der Waals surface area contributed by atoms with Crippen LogP contribution in [-0.2, 0) is 16.1 Å². The zero-order chi connectivity index (χ0) is 19.1. The van der Waals surface area contributed by atoms with Crippen molar-refractivity contribution in [3.05, 3.63) is 83.4 Å². The van der Waals surface area contributed by atoms with Crippen LogP contribution in [0.5, 0.6) is 5.75 Å². The minimum atomic E-state index is -0.615. The van der Waals surface area contributed by atoms with E-state index in [-0.39, 0.29) is 12.2 Å². The molecule has 134 valence electrons. The number of nitrogens with zero attached hydrogens (tertiary/aromatic N) is 1. The van der Waals surface area contributed by atoms with Gasteiger partial charge in [0.1, 0.15) is 24.0 Å². The van der Waals surface area contributed by atoms with Crippen molar-refractivity contribution in [3.8, 4) is 11.8 Å². The monoisotopic (exact) mass is 357 g/mol. The average molecular weight is 357 g/mol. The molecule has 0 aromatic heterocycles. The fourth-order valence-corrected chi connectivity index (χ4v) is 2.75. The van der Waals surface area contributed by atoms with Gasteiger partial charge in [-0.25, -0.2) is 4.79 Å². The van der Waals surface area contributed by atoms with Gasteiger partial charge in [0.15, 0.2) is 0 Å². The van der Waals surface area contributed by atoms with E-state index in [1.807, 2.05) is 36.4 Å². The number of esters is 1. The molecule has 0 atom stereocenters. The smallest absolute Gasteiger partial charge is 0.348 e. The molecule has 0 fully saturated rings. The van der Waals surface area contributed by atoms with E-state index in [1.54, 1.807) is 19.1 Å². The summed E-state index contributed by atoms with van der Waals surface area (Å²) in [5.41, 5.74) is 1.82. The van der Waals surface area contributed by atoms with Gasteiger partial charge in [-0.15, -0.1) is 0 Å². The molecule has 0 heterocycles. The summed E-state index contributed by atoms with van der Waals surface area (Å²) in [6, 6.07) is 23.5. The van der Waals surface area contributed by atoms with E-state index in [0.717, 1.165) is 16.9 Å². The first-order valence-corrected chi connectivity index (χ1v) is 8.69. The Labute approximate surface area is 158 Å². The molecule has 3 aromatic rings. The molecule has 0 aliphatic heterocycles. The zero-order valence-corrected chi connectivity index (χ0v) is 15.0. The molecule has 0 bridgehead atoms. The highest BCUT2D eigenvalue weighted by Gasteiger charge is 2.09. The number of carbonyl (C=O) groups excluding carboxylic acids is 1. The van der Waals surface area contributed by atoms with Gasteiger partial charge in [-0.05, 0) is 47.0 Å². The van der Waals surface area contributed by atoms with E-state index in [4.69, 9.17) is 14.7 Å². The van der Waals surface area contributed by atoms with Crippen molar-refractivity contribution in [1.82, 2.24) is 0 Å². The molecular weight excluding hydrogens is 338 g/mol. The molecule has 27 heavy (non-hydrogen) atoms. The fourth-order valence-electron chi connectivity index (χ4n) is 2.75. The number of carbonyl (C=O) groups is 1. The average Bonchev–Trinajstić information content (AvgIpc) is 2.71. The Morgan fingerprint density at radius 3 is 2.52 bits per heavy atom. The third-order valence-electron chi connectivity index (χ3n) is 4.08. The van der Waals surface area contributed by atoms with Crippen LogP contribution in [0.1, 0.15) is 18.1 Å². The van der Waals surface area contributed by atoms with Gasteiger partial charge in [0.05, 0.1) is 6.61 Å². The summed E-state index contributed by atoms with van der Waals surface area (Å²) >= 11 is 0. The molecule has 4 nitrogen and oxygen atoms in total. The summed E-state index contributed by atoms with van der Waals surface area (Å²) in [5, 5.41) is 11.4. The van der Waals surface area contributed by atoms with Crippen LogP contribution in [-0.4, -0.2) is 12.6 Å². The lowest BCUT2D eigenvalue weighted by Crippen LogP contribution is -2.05. The first-order chi connectivity index (χ1) is 13.2. The molecule has 0 aliphatic rings. The predicted molar refractivity (Wildman–Crippen MR) is 105 cm³/mol. The van der Waals surface area contributed by atoms with Crippen LogP contribution in [0.15, 0.2) is 72.3 Å². The number of hydrogen-bond donors (Lipinski definition) is 0. The molecule has 3 rings (SSSR count). The fraction of sp³-hybridized carbons (Fsp3) is 0.130. The number of benzene rings is 3. The SMILES string of the molecule is CCOC(=O)/C(C#N)=C\c1ccc(OCc2cccc3ccccc23)cc1.